The van der Waals surface area contributed by atoms with Crippen LogP contribution in [-0.4, -0.2) is 0 Å². The summed E-state index contributed by atoms with van der Waals surface area (Å²) in [6.07, 6.45) is 0. The highest BCUT2D eigenvalue weighted by molar-refractivity contribution is 7.12. The van der Waals surface area contributed by atoms with Crippen LogP contribution in [0, 0.1) is 19.7 Å². The molecular weight excluding hydrogens is 243 g/mol. The Kier molecular flexibility index (Phi) is 3.31. The molecule has 84 valence electrons. The molecule has 0 fully saturated rings. The van der Waals surface area contributed by atoms with E-state index in [9.17, 15) is 4.39 Å². The van der Waals surface area contributed by atoms with Crippen molar-refractivity contribution >= 4 is 22.9 Å². The summed E-state index contributed by atoms with van der Waals surface area (Å²) < 4.78 is 13.1. The quantitative estimate of drug-likeness (QED) is 0.673. The molecule has 16 heavy (non-hydrogen) atoms. The summed E-state index contributed by atoms with van der Waals surface area (Å²) in [7, 11) is 0. The van der Waals surface area contributed by atoms with E-state index in [-0.39, 0.29) is 11.2 Å². The molecule has 0 amide bonds. The Morgan fingerprint density at radius 3 is 2.56 bits per heavy atom. The second kappa shape index (κ2) is 4.56. The Hall–Kier alpha value is -0.860. The van der Waals surface area contributed by atoms with Crippen LogP contribution in [0.4, 0.5) is 4.39 Å². The summed E-state index contributed by atoms with van der Waals surface area (Å²) in [6.45, 7) is 4.10. The molecule has 1 heterocycles. The molecule has 0 aliphatic rings. The lowest BCUT2D eigenvalue weighted by atomic mass is 10.0. The second-order valence-corrected chi connectivity index (χ2v) is 5.68. The second-order valence-electron chi connectivity index (χ2n) is 3.79. The van der Waals surface area contributed by atoms with Gasteiger partial charge in [0.15, 0.2) is 0 Å². The number of hydrogen-bond donors (Lipinski definition) is 0. The van der Waals surface area contributed by atoms with E-state index in [1.54, 1.807) is 17.4 Å². The van der Waals surface area contributed by atoms with Crippen LogP contribution in [0.3, 0.4) is 0 Å². The molecule has 1 aromatic heterocycles. The molecule has 0 saturated carbocycles. The SMILES string of the molecule is Cc1cc(C(Cl)c2cccc(F)c2)c(C)s1. The Balaban J connectivity index is 2.38. The number of aryl methyl sites for hydroxylation is 2. The van der Waals surface area contributed by atoms with E-state index in [1.165, 1.54) is 21.9 Å². The normalized spacial score (nSPS) is 12.8. The van der Waals surface area contributed by atoms with Gasteiger partial charge in [0, 0.05) is 9.75 Å². The van der Waals surface area contributed by atoms with Crippen molar-refractivity contribution < 1.29 is 4.39 Å². The van der Waals surface area contributed by atoms with Gasteiger partial charge in [-0.2, -0.15) is 0 Å². The van der Waals surface area contributed by atoms with Gasteiger partial charge in [-0.1, -0.05) is 12.1 Å². The summed E-state index contributed by atoms with van der Waals surface area (Å²) in [5.74, 6) is -0.243. The van der Waals surface area contributed by atoms with Gasteiger partial charge in [-0.25, -0.2) is 4.39 Å². The third-order valence-corrected chi connectivity index (χ3v) is 3.96. The zero-order chi connectivity index (χ0) is 11.7. The summed E-state index contributed by atoms with van der Waals surface area (Å²) in [6, 6.07) is 8.54. The van der Waals surface area contributed by atoms with E-state index in [4.69, 9.17) is 11.6 Å². The zero-order valence-electron chi connectivity index (χ0n) is 9.13. The molecule has 0 bridgehead atoms. The van der Waals surface area contributed by atoms with Crippen LogP contribution in [-0.2, 0) is 0 Å². The van der Waals surface area contributed by atoms with Gasteiger partial charge in [0.05, 0.1) is 5.38 Å². The van der Waals surface area contributed by atoms with Crippen molar-refractivity contribution in [1.82, 2.24) is 0 Å². The third-order valence-electron chi connectivity index (χ3n) is 2.49. The van der Waals surface area contributed by atoms with Crippen LogP contribution in [0.2, 0.25) is 0 Å². The first kappa shape index (κ1) is 11.6. The molecule has 1 atom stereocenters. The van der Waals surface area contributed by atoms with Gasteiger partial charge < -0.3 is 0 Å². The minimum Gasteiger partial charge on any atom is -0.207 e. The van der Waals surface area contributed by atoms with Crippen LogP contribution in [0.5, 0.6) is 0 Å². The van der Waals surface area contributed by atoms with Crippen LogP contribution in [0.15, 0.2) is 30.3 Å². The first-order valence-corrected chi connectivity index (χ1v) is 6.29. The van der Waals surface area contributed by atoms with Crippen molar-refractivity contribution in [2.45, 2.75) is 19.2 Å². The van der Waals surface area contributed by atoms with Crippen molar-refractivity contribution in [2.75, 3.05) is 0 Å². The highest BCUT2D eigenvalue weighted by Crippen LogP contribution is 2.35. The Morgan fingerprint density at radius 2 is 2.00 bits per heavy atom. The lowest BCUT2D eigenvalue weighted by molar-refractivity contribution is 0.626. The fraction of sp³-hybridized carbons (Fsp3) is 0.231. The summed E-state index contributed by atoms with van der Waals surface area (Å²) in [4.78, 5) is 2.43. The highest BCUT2D eigenvalue weighted by atomic mass is 35.5. The largest absolute Gasteiger partial charge is 0.207 e. The monoisotopic (exact) mass is 254 g/mol. The number of benzene rings is 1. The van der Waals surface area contributed by atoms with E-state index in [2.05, 4.69) is 13.0 Å². The minimum atomic E-state index is -0.263. The maximum atomic E-state index is 13.1. The van der Waals surface area contributed by atoms with Gasteiger partial charge in [-0.15, -0.1) is 22.9 Å². The number of rotatable bonds is 2. The van der Waals surface area contributed by atoms with Crippen LogP contribution in [0.25, 0.3) is 0 Å². The lowest BCUT2D eigenvalue weighted by Gasteiger charge is -2.09. The smallest absolute Gasteiger partial charge is 0.123 e. The van der Waals surface area contributed by atoms with Gasteiger partial charge in [-0.3, -0.25) is 0 Å². The molecule has 2 aromatic rings. The number of alkyl halides is 1. The van der Waals surface area contributed by atoms with Gasteiger partial charge >= 0.3 is 0 Å². The van der Waals surface area contributed by atoms with Crippen LogP contribution < -0.4 is 0 Å². The van der Waals surface area contributed by atoms with Crippen LogP contribution >= 0.6 is 22.9 Å². The first-order chi connectivity index (χ1) is 7.58. The topological polar surface area (TPSA) is 0 Å². The van der Waals surface area contributed by atoms with Crippen molar-refractivity contribution in [1.29, 1.82) is 0 Å². The minimum absolute atomic E-state index is 0.243. The Labute approximate surface area is 104 Å². The molecule has 0 radical (unpaired) electrons. The predicted molar refractivity (Wildman–Crippen MR) is 67.9 cm³/mol. The van der Waals surface area contributed by atoms with E-state index >= 15 is 0 Å². The van der Waals surface area contributed by atoms with Crippen molar-refractivity contribution in [3.05, 3.63) is 57.0 Å². The molecule has 1 aromatic carbocycles. The molecule has 0 nitrogen and oxygen atoms in total. The lowest BCUT2D eigenvalue weighted by Crippen LogP contribution is -1.93. The van der Waals surface area contributed by atoms with Crippen molar-refractivity contribution in [2.24, 2.45) is 0 Å². The molecule has 0 aliphatic carbocycles. The maximum Gasteiger partial charge on any atom is 0.123 e. The van der Waals surface area contributed by atoms with Gasteiger partial charge in [0.2, 0.25) is 0 Å². The van der Waals surface area contributed by atoms with E-state index in [1.807, 2.05) is 13.0 Å². The van der Waals surface area contributed by atoms with Gasteiger partial charge in [-0.05, 0) is 43.2 Å². The van der Waals surface area contributed by atoms with E-state index < -0.39 is 0 Å². The van der Waals surface area contributed by atoms with E-state index in [0.29, 0.717) is 0 Å². The number of halogens is 2. The number of thiophene rings is 1. The average molecular weight is 255 g/mol. The fourth-order valence-corrected chi connectivity index (χ4v) is 3.14. The molecule has 0 saturated heterocycles. The van der Waals surface area contributed by atoms with Gasteiger partial charge in [0.1, 0.15) is 5.82 Å². The predicted octanol–water partition coefficient (Wildman–Crippen LogP) is 4.83. The zero-order valence-corrected chi connectivity index (χ0v) is 10.7. The average Bonchev–Trinajstić information content (AvgIpc) is 2.57. The van der Waals surface area contributed by atoms with Crippen molar-refractivity contribution in [3.63, 3.8) is 0 Å². The molecule has 0 N–H and O–H groups in total. The maximum absolute atomic E-state index is 13.1. The molecule has 0 spiro atoms. The van der Waals surface area contributed by atoms with E-state index in [0.717, 1.165) is 11.1 Å². The van der Waals surface area contributed by atoms with Gasteiger partial charge in [0.25, 0.3) is 0 Å². The summed E-state index contributed by atoms with van der Waals surface area (Å²) in [5.41, 5.74) is 1.89. The molecule has 0 aliphatic heterocycles. The Bertz CT molecular complexity index is 504. The molecule has 2 rings (SSSR count). The Morgan fingerprint density at radius 1 is 1.25 bits per heavy atom. The van der Waals surface area contributed by atoms with Crippen LogP contribution in [0.1, 0.15) is 26.3 Å². The number of hydrogen-bond acceptors (Lipinski definition) is 1. The standard InChI is InChI=1S/C13H12ClFS/c1-8-6-12(9(2)16-8)13(14)10-4-3-5-11(15)7-10/h3-7,13H,1-2H3. The molecular formula is C13H12ClFS. The highest BCUT2D eigenvalue weighted by Gasteiger charge is 2.15. The van der Waals surface area contributed by atoms with Crippen molar-refractivity contribution in [3.8, 4) is 0 Å². The molecule has 1 unspecified atom stereocenters. The fourth-order valence-electron chi connectivity index (χ4n) is 1.75. The summed E-state index contributed by atoms with van der Waals surface area (Å²) >= 11 is 8.08. The molecule has 3 heteroatoms. The first-order valence-electron chi connectivity index (χ1n) is 5.04. The summed E-state index contributed by atoms with van der Waals surface area (Å²) in [5, 5.41) is -0.263. The third kappa shape index (κ3) is 2.28.